The van der Waals surface area contributed by atoms with E-state index in [1.807, 2.05) is 41.1 Å². The highest BCUT2D eigenvalue weighted by atomic mass is 32.2. The zero-order valence-corrected chi connectivity index (χ0v) is 34.8. The molecule has 63 heavy (non-hydrogen) atoms. The number of nitrogens with zero attached hydrogens (tertiary/aromatic N) is 4. The minimum atomic E-state index is -4.36. The number of carbonyl (C=O) groups is 4. The van der Waals surface area contributed by atoms with Gasteiger partial charge in [0.05, 0.1) is 17.4 Å². The van der Waals surface area contributed by atoms with Crippen molar-refractivity contribution < 1.29 is 45.9 Å². The molecule has 5 aromatic rings. The molecule has 18 heteroatoms. The molecule has 0 spiro atoms. The van der Waals surface area contributed by atoms with Gasteiger partial charge in [-0.2, -0.15) is 12.7 Å². The lowest BCUT2D eigenvalue weighted by atomic mass is 9.88. The molecular weight excluding hydrogens is 840 g/mol. The van der Waals surface area contributed by atoms with E-state index < -0.39 is 69.6 Å². The van der Waals surface area contributed by atoms with Crippen LogP contribution in [0.5, 0.6) is 0 Å². The van der Waals surface area contributed by atoms with Gasteiger partial charge in [-0.15, -0.1) is 0 Å². The van der Waals surface area contributed by atoms with Gasteiger partial charge in [-0.05, 0) is 97.6 Å². The number of nitrogens with one attached hydrogen (secondary N) is 3. The second-order valence-electron chi connectivity index (χ2n) is 16.7. The van der Waals surface area contributed by atoms with Crippen molar-refractivity contribution in [3.05, 3.63) is 118 Å². The molecule has 0 radical (unpaired) electrons. The van der Waals surface area contributed by atoms with Crippen molar-refractivity contribution in [3.63, 3.8) is 0 Å². The number of H-pyrrole nitrogens is 1. The first kappa shape index (κ1) is 42.4. The predicted octanol–water partition coefficient (Wildman–Crippen LogP) is 4.98. The number of amides is 3. The summed E-state index contributed by atoms with van der Waals surface area (Å²) in [7, 11) is -4.36. The molecular formula is C45H44F3N7O7S. The maximum Gasteiger partial charge on any atom is 0.301 e. The second kappa shape index (κ2) is 17.0. The predicted molar refractivity (Wildman–Crippen MR) is 226 cm³/mol. The molecule has 3 saturated heterocycles. The summed E-state index contributed by atoms with van der Waals surface area (Å²) in [6.45, 7) is 1.86. The summed E-state index contributed by atoms with van der Waals surface area (Å²) in [5.41, 5.74) is 3.51. The molecule has 6 heterocycles. The van der Waals surface area contributed by atoms with E-state index in [9.17, 15) is 37.1 Å². The summed E-state index contributed by atoms with van der Waals surface area (Å²) in [6, 6.07) is 16.2. The fraction of sp³-hybridized carbons (Fsp3) is 0.356. The van der Waals surface area contributed by atoms with Gasteiger partial charge in [0, 0.05) is 67.1 Å². The minimum absolute atomic E-state index is 0.00406. The number of fused-ring (bicyclic) bond motifs is 2. The number of aromatic amines is 1. The molecule has 2 aromatic heterocycles. The molecule has 0 saturated carbocycles. The molecule has 3 amide bonds. The van der Waals surface area contributed by atoms with Gasteiger partial charge in [-0.1, -0.05) is 36.4 Å². The first-order chi connectivity index (χ1) is 30.2. The Morgan fingerprint density at radius 3 is 2.46 bits per heavy atom. The Morgan fingerprint density at radius 2 is 1.73 bits per heavy atom. The molecule has 0 bridgehead atoms. The fourth-order valence-corrected chi connectivity index (χ4v) is 10.5. The summed E-state index contributed by atoms with van der Waals surface area (Å²) in [5.74, 6) is -4.31. The van der Waals surface area contributed by atoms with Gasteiger partial charge in [0.2, 0.25) is 17.6 Å². The number of carbonyl (C=O) groups excluding carboxylic acids is 4. The van der Waals surface area contributed by atoms with Crippen LogP contribution in [0.2, 0.25) is 0 Å². The van der Waals surface area contributed by atoms with Crippen LogP contribution in [0.3, 0.4) is 0 Å². The molecule has 0 aliphatic carbocycles. The third-order valence-electron chi connectivity index (χ3n) is 12.6. The molecule has 3 atom stereocenters. The van der Waals surface area contributed by atoms with E-state index in [0.717, 1.165) is 64.6 Å². The second-order valence-corrected chi connectivity index (χ2v) is 18.4. The van der Waals surface area contributed by atoms with Crippen molar-refractivity contribution in [1.29, 1.82) is 0 Å². The lowest BCUT2D eigenvalue weighted by Gasteiger charge is -2.33. The Bertz CT molecular complexity index is 2760. The van der Waals surface area contributed by atoms with E-state index in [1.54, 1.807) is 18.3 Å². The summed E-state index contributed by atoms with van der Waals surface area (Å²) < 4.78 is 73.0. The molecule has 328 valence electrons. The van der Waals surface area contributed by atoms with Crippen molar-refractivity contribution >= 4 is 50.4 Å². The largest absolute Gasteiger partial charge is 0.391 e. The van der Waals surface area contributed by atoms with E-state index >= 15 is 8.78 Å². The number of alkyl halides is 1. The highest BCUT2D eigenvalue weighted by Crippen LogP contribution is 2.34. The normalized spacial score (nSPS) is 20.6. The van der Waals surface area contributed by atoms with E-state index in [1.165, 1.54) is 11.1 Å². The average molecular weight is 884 g/mol. The fourth-order valence-electron chi connectivity index (χ4n) is 9.22. The van der Waals surface area contributed by atoms with Crippen LogP contribution in [0.25, 0.3) is 22.2 Å². The number of aliphatic hydroxyl groups is 1. The highest BCUT2D eigenvalue weighted by Gasteiger charge is 2.39. The van der Waals surface area contributed by atoms with Gasteiger partial charge in [0.1, 0.15) is 23.7 Å². The zero-order valence-electron chi connectivity index (χ0n) is 34.0. The average Bonchev–Trinajstić information content (AvgIpc) is 3.99. The number of likely N-dealkylation sites (tertiary alicyclic amines) is 1. The van der Waals surface area contributed by atoms with Crippen LogP contribution in [-0.2, 0) is 32.8 Å². The van der Waals surface area contributed by atoms with Crippen LogP contribution < -0.4 is 10.0 Å². The molecule has 3 fully saturated rings. The van der Waals surface area contributed by atoms with E-state index in [4.69, 9.17) is 0 Å². The zero-order chi connectivity index (χ0) is 44.2. The molecule has 9 rings (SSSR count). The van der Waals surface area contributed by atoms with Crippen molar-refractivity contribution in [2.45, 2.75) is 69.3 Å². The topological polar surface area (TPSA) is 185 Å². The Morgan fingerprint density at radius 1 is 0.952 bits per heavy atom. The van der Waals surface area contributed by atoms with E-state index in [0.29, 0.717) is 47.5 Å². The number of hydrogen-bond donors (Lipinski definition) is 4. The van der Waals surface area contributed by atoms with Crippen LogP contribution in [0.15, 0.2) is 73.1 Å². The maximum absolute atomic E-state index is 15.7. The van der Waals surface area contributed by atoms with E-state index in [2.05, 4.69) is 20.2 Å². The molecule has 14 nitrogen and oxygen atoms in total. The van der Waals surface area contributed by atoms with Crippen molar-refractivity contribution in [2.75, 3.05) is 37.4 Å². The quantitative estimate of drug-likeness (QED) is 0.0991. The van der Waals surface area contributed by atoms with Crippen LogP contribution in [0.1, 0.15) is 81.0 Å². The number of halogens is 3. The van der Waals surface area contributed by atoms with Gasteiger partial charge in [-0.3, -0.25) is 29.2 Å². The lowest BCUT2D eigenvalue weighted by Crippen LogP contribution is -2.52. The Balaban J connectivity index is 0.809. The number of aromatic nitrogens is 2. The summed E-state index contributed by atoms with van der Waals surface area (Å²) >= 11 is 0. The molecule has 4 aliphatic heterocycles. The number of pyridine rings is 1. The van der Waals surface area contributed by atoms with Gasteiger partial charge in [0.15, 0.2) is 5.82 Å². The Kier molecular flexibility index (Phi) is 11.4. The molecule has 3 aromatic carbocycles. The van der Waals surface area contributed by atoms with Crippen LogP contribution in [0.4, 0.5) is 18.9 Å². The number of rotatable bonds is 12. The minimum Gasteiger partial charge on any atom is -0.391 e. The monoisotopic (exact) mass is 883 g/mol. The first-order valence-corrected chi connectivity index (χ1v) is 22.4. The van der Waals surface area contributed by atoms with Crippen LogP contribution in [-0.4, -0.2) is 112 Å². The number of anilines is 1. The third kappa shape index (κ3) is 8.47. The number of β-amino-alcohol motifs (C(OH)–C–C–N with tert-alkyl or cyclic N) is 1. The van der Waals surface area contributed by atoms with Crippen molar-refractivity contribution in [3.8, 4) is 11.1 Å². The summed E-state index contributed by atoms with van der Waals surface area (Å²) in [5, 5.41) is 13.7. The molecule has 0 unspecified atom stereocenters. The SMILES string of the molecule is O=C1CC[C@@H](N2Cc3cc(C[C@H](O)CN4CCC(c5ccc(-c6cnc7[nH]cc(C(=O)c8c(F)ccc(NS(=O)(=O)N9CC[C@@H](F)C9)c8F)c7c6)cc5)CC4)ccc3C2=O)C(=O)N1. The molecule has 4 aliphatic rings. The summed E-state index contributed by atoms with van der Waals surface area (Å²) in [6.07, 6.45) is 3.61. The number of imide groups is 1. The third-order valence-corrected chi connectivity index (χ3v) is 14.1. The lowest BCUT2D eigenvalue weighted by molar-refractivity contribution is -0.136. The van der Waals surface area contributed by atoms with Gasteiger partial charge < -0.3 is 19.9 Å². The van der Waals surface area contributed by atoms with Crippen molar-refractivity contribution in [1.82, 2.24) is 29.4 Å². The first-order valence-electron chi connectivity index (χ1n) is 20.9. The van der Waals surface area contributed by atoms with Crippen molar-refractivity contribution in [2.24, 2.45) is 0 Å². The Hall–Kier alpha value is -5.95. The highest BCUT2D eigenvalue weighted by molar-refractivity contribution is 7.90. The number of benzene rings is 3. The molecule has 4 N–H and O–H groups in total. The number of aliphatic hydroxyl groups excluding tert-OH is 1. The van der Waals surface area contributed by atoms with Crippen LogP contribution >= 0.6 is 0 Å². The van der Waals surface area contributed by atoms with Gasteiger partial charge >= 0.3 is 10.2 Å². The van der Waals surface area contributed by atoms with Gasteiger partial charge in [-0.25, -0.2) is 18.2 Å². The maximum atomic E-state index is 15.7. The standard InChI is InChI=1S/C45H44F3N7O7S/c46-31-13-16-54(23-31)63(61,62)52-37-8-7-36(47)40(41(37)48)42(58)35-21-50-43-34(35)19-29(20-49-43)27-4-2-26(3-5-27)28-11-14-53(15-12-28)24-32(56)18-25-1-6-33-30(17-25)22-55(45(33)60)38-9-10-39(57)51-44(38)59/h1-8,17,19-21,28,31-32,38,52,56H,9-16,18,22-24H2,(H,49,50)(H,51,57,59)/t31-,32+,38-/m1/s1. The number of piperidine rings is 2. The van der Waals surface area contributed by atoms with E-state index in [-0.39, 0.29) is 43.3 Å². The smallest absolute Gasteiger partial charge is 0.301 e. The number of hydrogen-bond acceptors (Lipinski definition) is 9. The number of ketones is 1. The Labute approximate surface area is 360 Å². The van der Waals surface area contributed by atoms with Crippen LogP contribution in [0, 0.1) is 11.6 Å². The van der Waals surface area contributed by atoms with Gasteiger partial charge in [0.25, 0.3) is 5.91 Å². The summed E-state index contributed by atoms with van der Waals surface area (Å²) in [4.78, 5) is 61.9.